The number of rotatable bonds is 2. The number of nitrogen functional groups attached to an aromatic ring is 2. The number of hydrogen-bond donors (Lipinski definition) is 3. The molecular weight excluding hydrogens is 230 g/mol. The average molecular weight is 246 g/mol. The summed E-state index contributed by atoms with van der Waals surface area (Å²) in [4.78, 5) is 7.51. The smallest absolute Gasteiger partial charge is 0.236 e. The molecule has 0 radical (unpaired) electrons. The van der Waals surface area contributed by atoms with Crippen LogP contribution in [0.5, 0.6) is 0 Å². The highest BCUT2D eigenvalue weighted by atomic mass is 35.5. The Morgan fingerprint density at radius 2 is 1.88 bits per heavy atom. The van der Waals surface area contributed by atoms with Crippen molar-refractivity contribution in [1.29, 1.82) is 5.41 Å². The van der Waals surface area contributed by atoms with Crippen LogP contribution in [0.15, 0.2) is 0 Å². The predicted octanol–water partition coefficient (Wildman–Crippen LogP) is 1.68. The summed E-state index contributed by atoms with van der Waals surface area (Å²) in [5.41, 5.74) is 11.0. The first-order valence-electron chi connectivity index (χ1n) is 4.86. The normalized spacial score (nSPS) is 9.00. The lowest BCUT2D eigenvalue weighted by atomic mass is 10.4. The molecule has 0 atom stereocenters. The van der Waals surface area contributed by atoms with Crippen LogP contribution in [0.2, 0.25) is 5.15 Å². The molecule has 16 heavy (non-hydrogen) atoms. The van der Waals surface area contributed by atoms with Gasteiger partial charge >= 0.3 is 0 Å². The lowest BCUT2D eigenvalue weighted by Crippen LogP contribution is -2.13. The van der Waals surface area contributed by atoms with Crippen LogP contribution >= 0.6 is 11.6 Å². The number of anilines is 2. The summed E-state index contributed by atoms with van der Waals surface area (Å²) in [5, 5.41) is 7.45. The summed E-state index contributed by atoms with van der Waals surface area (Å²) in [7, 11) is 0. The average Bonchev–Trinajstić information content (AvgIpc) is 2.26. The van der Waals surface area contributed by atoms with Gasteiger partial charge in [-0.1, -0.05) is 25.4 Å². The minimum Gasteiger partial charge on any atom is -0.477 e. The van der Waals surface area contributed by atoms with Crippen molar-refractivity contribution in [2.75, 3.05) is 18.1 Å². The zero-order valence-electron chi connectivity index (χ0n) is 9.54. The van der Waals surface area contributed by atoms with Crippen molar-refractivity contribution in [3.8, 4) is 0 Å². The second-order valence-corrected chi connectivity index (χ2v) is 2.75. The SMILES string of the molecule is CC.CCOC(=N)c1nc(Cl)c(N)nc1N. The molecule has 0 fully saturated rings. The van der Waals surface area contributed by atoms with Gasteiger partial charge in [0.25, 0.3) is 0 Å². The van der Waals surface area contributed by atoms with E-state index in [0.29, 0.717) is 6.61 Å². The van der Waals surface area contributed by atoms with E-state index in [1.54, 1.807) is 6.92 Å². The van der Waals surface area contributed by atoms with Crippen molar-refractivity contribution in [2.45, 2.75) is 20.8 Å². The zero-order valence-corrected chi connectivity index (χ0v) is 10.3. The van der Waals surface area contributed by atoms with Gasteiger partial charge < -0.3 is 16.2 Å². The van der Waals surface area contributed by atoms with Crippen LogP contribution in [-0.4, -0.2) is 22.5 Å². The molecule has 0 aliphatic rings. The third-order valence-electron chi connectivity index (χ3n) is 1.41. The molecule has 0 amide bonds. The molecule has 90 valence electrons. The first kappa shape index (κ1) is 14.4. The molecule has 0 saturated carbocycles. The molecular formula is C9H16ClN5O. The molecule has 0 aliphatic carbocycles. The van der Waals surface area contributed by atoms with Gasteiger partial charge in [-0.3, -0.25) is 5.41 Å². The van der Waals surface area contributed by atoms with E-state index in [4.69, 9.17) is 33.2 Å². The van der Waals surface area contributed by atoms with E-state index in [-0.39, 0.29) is 28.4 Å². The first-order valence-corrected chi connectivity index (χ1v) is 5.24. The summed E-state index contributed by atoms with van der Waals surface area (Å²) in [6.07, 6.45) is 0. The summed E-state index contributed by atoms with van der Waals surface area (Å²) in [6.45, 7) is 6.10. The van der Waals surface area contributed by atoms with Gasteiger partial charge in [-0.2, -0.15) is 0 Å². The molecule has 1 aromatic heterocycles. The van der Waals surface area contributed by atoms with E-state index < -0.39 is 0 Å². The summed E-state index contributed by atoms with van der Waals surface area (Å²) in [6, 6.07) is 0. The fourth-order valence-electron chi connectivity index (χ4n) is 0.821. The third-order valence-corrected chi connectivity index (χ3v) is 1.69. The quantitative estimate of drug-likeness (QED) is 0.542. The number of nitrogens with one attached hydrogen (secondary N) is 1. The molecule has 0 aliphatic heterocycles. The minimum atomic E-state index is -0.167. The molecule has 1 rings (SSSR count). The molecule has 5 N–H and O–H groups in total. The topological polar surface area (TPSA) is 111 Å². The monoisotopic (exact) mass is 245 g/mol. The summed E-state index contributed by atoms with van der Waals surface area (Å²) in [5.74, 6) is -0.0954. The van der Waals surface area contributed by atoms with Gasteiger partial charge in [-0.15, -0.1) is 0 Å². The minimum absolute atomic E-state index is 0.0126. The Balaban J connectivity index is 0.00000106. The highest BCUT2D eigenvalue weighted by Crippen LogP contribution is 2.17. The Morgan fingerprint density at radius 3 is 2.38 bits per heavy atom. The molecule has 0 bridgehead atoms. The Morgan fingerprint density at radius 1 is 1.31 bits per heavy atom. The van der Waals surface area contributed by atoms with E-state index >= 15 is 0 Å². The lowest BCUT2D eigenvalue weighted by molar-refractivity contribution is 0.324. The maximum Gasteiger partial charge on any atom is 0.236 e. The molecule has 1 aromatic rings. The highest BCUT2D eigenvalue weighted by Gasteiger charge is 2.13. The molecule has 0 aromatic carbocycles. The van der Waals surface area contributed by atoms with Gasteiger partial charge in [-0.05, 0) is 6.92 Å². The van der Waals surface area contributed by atoms with Crippen LogP contribution in [0.4, 0.5) is 11.6 Å². The lowest BCUT2D eigenvalue weighted by Gasteiger charge is -2.07. The van der Waals surface area contributed by atoms with Gasteiger partial charge in [0.2, 0.25) is 5.90 Å². The number of aromatic nitrogens is 2. The Kier molecular flexibility index (Phi) is 6.17. The number of halogens is 1. The number of ether oxygens (including phenoxy) is 1. The fourth-order valence-corrected chi connectivity index (χ4v) is 0.948. The number of nitrogens with zero attached hydrogens (tertiary/aromatic N) is 2. The fraction of sp³-hybridized carbons (Fsp3) is 0.444. The van der Waals surface area contributed by atoms with Crippen LogP contribution in [0, 0.1) is 5.41 Å². The van der Waals surface area contributed by atoms with Crippen LogP contribution in [-0.2, 0) is 4.74 Å². The third kappa shape index (κ3) is 3.54. The second kappa shape index (κ2) is 6.84. The van der Waals surface area contributed by atoms with Crippen molar-refractivity contribution in [3.63, 3.8) is 0 Å². The van der Waals surface area contributed by atoms with E-state index in [1.807, 2.05) is 13.8 Å². The second-order valence-electron chi connectivity index (χ2n) is 2.40. The molecule has 0 spiro atoms. The van der Waals surface area contributed by atoms with E-state index in [1.165, 1.54) is 0 Å². The van der Waals surface area contributed by atoms with Crippen molar-refractivity contribution in [3.05, 3.63) is 10.8 Å². The van der Waals surface area contributed by atoms with Crippen LogP contribution in [0.3, 0.4) is 0 Å². The van der Waals surface area contributed by atoms with Crippen molar-refractivity contribution in [2.24, 2.45) is 0 Å². The van der Waals surface area contributed by atoms with Crippen LogP contribution < -0.4 is 11.5 Å². The highest BCUT2D eigenvalue weighted by molar-refractivity contribution is 6.31. The standard InChI is InChI=1S/C7H10ClN5O.C2H6/c1-2-14-7(11)3-5(9)13-6(10)4(8)12-3;1-2/h11H,2H2,1H3,(H4,9,10,13);1-2H3. The van der Waals surface area contributed by atoms with E-state index in [9.17, 15) is 0 Å². The molecule has 7 heteroatoms. The van der Waals surface area contributed by atoms with Crippen molar-refractivity contribution in [1.82, 2.24) is 9.97 Å². The summed E-state index contributed by atoms with van der Waals surface area (Å²) < 4.78 is 4.90. The zero-order chi connectivity index (χ0) is 12.7. The van der Waals surface area contributed by atoms with Gasteiger partial charge in [0.15, 0.2) is 22.5 Å². The van der Waals surface area contributed by atoms with Gasteiger partial charge in [0, 0.05) is 0 Å². The van der Waals surface area contributed by atoms with Gasteiger partial charge in [-0.25, -0.2) is 9.97 Å². The largest absolute Gasteiger partial charge is 0.477 e. The number of hydrogen-bond acceptors (Lipinski definition) is 6. The van der Waals surface area contributed by atoms with Gasteiger partial charge in [0.05, 0.1) is 6.61 Å². The molecule has 1 heterocycles. The molecule has 6 nitrogen and oxygen atoms in total. The van der Waals surface area contributed by atoms with Crippen molar-refractivity contribution < 1.29 is 4.74 Å². The van der Waals surface area contributed by atoms with Gasteiger partial charge in [0.1, 0.15) is 0 Å². The van der Waals surface area contributed by atoms with E-state index in [2.05, 4.69) is 9.97 Å². The Hall–Kier alpha value is -1.56. The maximum absolute atomic E-state index is 7.43. The Labute approximate surface area is 99.5 Å². The molecule has 0 unspecified atom stereocenters. The van der Waals surface area contributed by atoms with Crippen molar-refractivity contribution >= 4 is 29.1 Å². The maximum atomic E-state index is 7.43. The summed E-state index contributed by atoms with van der Waals surface area (Å²) >= 11 is 5.62. The predicted molar refractivity (Wildman–Crippen MR) is 65.7 cm³/mol. The van der Waals surface area contributed by atoms with Crippen LogP contribution in [0.1, 0.15) is 26.5 Å². The van der Waals surface area contributed by atoms with E-state index in [0.717, 1.165) is 0 Å². The first-order chi connectivity index (χ1) is 7.56. The molecule has 0 saturated heterocycles. The van der Waals surface area contributed by atoms with Crippen LogP contribution in [0.25, 0.3) is 0 Å². The Bertz CT molecular complexity index is 369. The number of nitrogens with two attached hydrogens (primary N) is 2.